The molecule has 0 radical (unpaired) electrons. The van der Waals surface area contributed by atoms with Crippen molar-refractivity contribution in [2.75, 3.05) is 52.5 Å². The van der Waals surface area contributed by atoms with Crippen molar-refractivity contribution in [3.05, 3.63) is 0 Å². The highest BCUT2D eigenvalue weighted by atomic mass is 16.5. The Kier molecular flexibility index (Phi) is 5.96. The molecule has 120 valence electrons. The summed E-state index contributed by atoms with van der Waals surface area (Å²) in [6.45, 7) is 9.04. The van der Waals surface area contributed by atoms with E-state index >= 15 is 0 Å². The first kappa shape index (κ1) is 16.2. The molecule has 0 aliphatic carbocycles. The number of hydrogen-bond donors (Lipinski definition) is 2. The maximum Gasteiger partial charge on any atom is 0.245 e. The van der Waals surface area contributed by atoms with Gasteiger partial charge in [-0.3, -0.25) is 14.5 Å². The summed E-state index contributed by atoms with van der Waals surface area (Å²) >= 11 is 0. The molecule has 21 heavy (non-hydrogen) atoms. The predicted octanol–water partition coefficient (Wildman–Crippen LogP) is -1.36. The number of piperazine rings is 1. The van der Waals surface area contributed by atoms with Gasteiger partial charge >= 0.3 is 0 Å². The van der Waals surface area contributed by atoms with Crippen LogP contribution in [0.4, 0.5) is 0 Å². The molecule has 0 saturated carbocycles. The molecule has 1 atom stereocenters. The number of carbonyl (C=O) groups excluding carboxylic acids is 2. The number of ether oxygens (including phenoxy) is 1. The number of rotatable bonds is 4. The zero-order valence-electron chi connectivity index (χ0n) is 12.9. The maximum absolute atomic E-state index is 12.5. The van der Waals surface area contributed by atoms with E-state index in [-0.39, 0.29) is 24.5 Å². The number of nitrogens with one attached hydrogen (secondary N) is 2. The second-order valence-corrected chi connectivity index (χ2v) is 5.87. The van der Waals surface area contributed by atoms with Crippen LogP contribution in [0, 0.1) is 0 Å². The SMILES string of the molecule is CC(C)NC(=O)C1COCCN1C(=O)CN1CCNCC1. The van der Waals surface area contributed by atoms with Crippen LogP contribution in [0.2, 0.25) is 0 Å². The van der Waals surface area contributed by atoms with E-state index in [9.17, 15) is 9.59 Å². The molecule has 2 amide bonds. The highest BCUT2D eigenvalue weighted by Gasteiger charge is 2.33. The van der Waals surface area contributed by atoms with Crippen LogP contribution in [0.3, 0.4) is 0 Å². The minimum absolute atomic E-state index is 0.0177. The molecule has 7 heteroatoms. The number of hydrogen-bond acceptors (Lipinski definition) is 5. The molecule has 2 aliphatic rings. The van der Waals surface area contributed by atoms with Gasteiger partial charge in [0.2, 0.25) is 11.8 Å². The smallest absolute Gasteiger partial charge is 0.245 e. The molecule has 1 unspecified atom stereocenters. The van der Waals surface area contributed by atoms with Gasteiger partial charge in [0, 0.05) is 38.8 Å². The van der Waals surface area contributed by atoms with E-state index in [2.05, 4.69) is 15.5 Å². The molecule has 7 nitrogen and oxygen atoms in total. The van der Waals surface area contributed by atoms with Gasteiger partial charge in [0.05, 0.1) is 19.8 Å². The van der Waals surface area contributed by atoms with Crippen molar-refractivity contribution in [1.82, 2.24) is 20.4 Å². The van der Waals surface area contributed by atoms with Gasteiger partial charge in [-0.2, -0.15) is 0 Å². The minimum Gasteiger partial charge on any atom is -0.377 e. The lowest BCUT2D eigenvalue weighted by atomic mass is 10.2. The second-order valence-electron chi connectivity index (χ2n) is 5.87. The second kappa shape index (κ2) is 7.72. The van der Waals surface area contributed by atoms with Gasteiger partial charge in [0.1, 0.15) is 6.04 Å². The van der Waals surface area contributed by atoms with Gasteiger partial charge in [0.25, 0.3) is 0 Å². The van der Waals surface area contributed by atoms with Gasteiger partial charge in [0.15, 0.2) is 0 Å². The zero-order chi connectivity index (χ0) is 15.2. The monoisotopic (exact) mass is 298 g/mol. The molecule has 2 fully saturated rings. The summed E-state index contributed by atoms with van der Waals surface area (Å²) in [6, 6.07) is -0.443. The van der Waals surface area contributed by atoms with E-state index in [0.29, 0.717) is 19.7 Å². The van der Waals surface area contributed by atoms with Crippen molar-refractivity contribution >= 4 is 11.8 Å². The van der Waals surface area contributed by atoms with Crippen LogP contribution in [0.25, 0.3) is 0 Å². The first-order chi connectivity index (χ1) is 10.1. The number of morpholine rings is 1. The summed E-state index contributed by atoms with van der Waals surface area (Å²) in [5.74, 6) is -0.109. The van der Waals surface area contributed by atoms with Crippen LogP contribution < -0.4 is 10.6 Å². The Morgan fingerprint density at radius 2 is 2.00 bits per heavy atom. The first-order valence-electron chi connectivity index (χ1n) is 7.68. The standard InChI is InChI=1S/C14H26N4O3/c1-11(2)16-14(20)12-10-21-8-7-18(12)13(19)9-17-5-3-15-4-6-17/h11-12,15H,3-10H2,1-2H3,(H,16,20). The fourth-order valence-corrected chi connectivity index (χ4v) is 2.65. The number of amides is 2. The molecule has 0 aromatic heterocycles. The van der Waals surface area contributed by atoms with E-state index in [1.54, 1.807) is 4.90 Å². The molecular weight excluding hydrogens is 272 g/mol. The van der Waals surface area contributed by atoms with E-state index in [4.69, 9.17) is 4.74 Å². The zero-order valence-corrected chi connectivity index (χ0v) is 12.9. The molecule has 0 aromatic carbocycles. The van der Waals surface area contributed by atoms with Gasteiger partial charge in [-0.05, 0) is 13.8 Å². The first-order valence-corrected chi connectivity index (χ1v) is 7.68. The lowest BCUT2D eigenvalue weighted by molar-refractivity contribution is -0.149. The predicted molar refractivity (Wildman–Crippen MR) is 78.9 cm³/mol. The van der Waals surface area contributed by atoms with Gasteiger partial charge in [-0.25, -0.2) is 0 Å². The fraction of sp³-hybridized carbons (Fsp3) is 0.857. The molecule has 2 N–H and O–H groups in total. The average Bonchev–Trinajstić information content (AvgIpc) is 2.47. The summed E-state index contributed by atoms with van der Waals surface area (Å²) in [5.41, 5.74) is 0. The van der Waals surface area contributed by atoms with E-state index in [1.165, 1.54) is 0 Å². The van der Waals surface area contributed by atoms with Crippen LogP contribution in [0.1, 0.15) is 13.8 Å². The van der Waals surface area contributed by atoms with Gasteiger partial charge < -0.3 is 20.3 Å². The third-order valence-electron chi connectivity index (χ3n) is 3.75. The van der Waals surface area contributed by atoms with Crippen LogP contribution >= 0.6 is 0 Å². The van der Waals surface area contributed by atoms with Crippen molar-refractivity contribution in [1.29, 1.82) is 0 Å². The average molecular weight is 298 g/mol. The Balaban J connectivity index is 1.93. The van der Waals surface area contributed by atoms with Crippen molar-refractivity contribution in [3.63, 3.8) is 0 Å². The topological polar surface area (TPSA) is 73.9 Å². The molecule has 2 heterocycles. The molecule has 2 aliphatic heterocycles. The summed E-state index contributed by atoms with van der Waals surface area (Å²) in [6.07, 6.45) is 0. The van der Waals surface area contributed by atoms with Crippen molar-refractivity contribution < 1.29 is 14.3 Å². The highest BCUT2D eigenvalue weighted by molar-refractivity contribution is 5.88. The summed E-state index contributed by atoms with van der Waals surface area (Å²) in [5, 5.41) is 6.13. The van der Waals surface area contributed by atoms with Crippen LogP contribution in [-0.2, 0) is 14.3 Å². The van der Waals surface area contributed by atoms with Gasteiger partial charge in [-0.1, -0.05) is 0 Å². The molecule has 0 aromatic rings. The van der Waals surface area contributed by atoms with Crippen LogP contribution in [0.15, 0.2) is 0 Å². The lowest BCUT2D eigenvalue weighted by Crippen LogP contribution is -2.59. The third kappa shape index (κ3) is 4.66. The van der Waals surface area contributed by atoms with Crippen molar-refractivity contribution in [2.45, 2.75) is 25.9 Å². The molecule has 0 bridgehead atoms. The van der Waals surface area contributed by atoms with E-state index in [1.807, 2.05) is 13.8 Å². The molecule has 0 spiro atoms. The van der Waals surface area contributed by atoms with Crippen LogP contribution in [0.5, 0.6) is 0 Å². The Labute approximate surface area is 126 Å². The van der Waals surface area contributed by atoms with Gasteiger partial charge in [-0.15, -0.1) is 0 Å². The Morgan fingerprint density at radius 1 is 1.29 bits per heavy atom. The molecular formula is C14H26N4O3. The summed E-state index contributed by atoms with van der Waals surface area (Å²) in [7, 11) is 0. The maximum atomic E-state index is 12.5. The highest BCUT2D eigenvalue weighted by Crippen LogP contribution is 2.09. The number of carbonyl (C=O) groups is 2. The lowest BCUT2D eigenvalue weighted by Gasteiger charge is -2.37. The van der Waals surface area contributed by atoms with E-state index in [0.717, 1.165) is 26.2 Å². The molecule has 2 rings (SSSR count). The Hall–Kier alpha value is -1.18. The third-order valence-corrected chi connectivity index (χ3v) is 3.75. The quantitative estimate of drug-likeness (QED) is 0.671. The summed E-state index contributed by atoms with van der Waals surface area (Å²) in [4.78, 5) is 28.5. The number of nitrogens with zero attached hydrogens (tertiary/aromatic N) is 2. The van der Waals surface area contributed by atoms with E-state index < -0.39 is 6.04 Å². The normalized spacial score (nSPS) is 24.1. The Morgan fingerprint density at radius 3 is 2.67 bits per heavy atom. The molecule has 2 saturated heterocycles. The minimum atomic E-state index is -0.503. The van der Waals surface area contributed by atoms with Crippen LogP contribution in [-0.4, -0.2) is 86.2 Å². The van der Waals surface area contributed by atoms with Crippen molar-refractivity contribution in [2.24, 2.45) is 0 Å². The summed E-state index contributed by atoms with van der Waals surface area (Å²) < 4.78 is 5.38. The Bertz CT molecular complexity index is 369. The van der Waals surface area contributed by atoms with Crippen molar-refractivity contribution in [3.8, 4) is 0 Å². The largest absolute Gasteiger partial charge is 0.377 e. The fourth-order valence-electron chi connectivity index (χ4n) is 2.65.